The Morgan fingerprint density at radius 1 is 1.45 bits per heavy atom. The molecule has 3 unspecified atom stereocenters. The van der Waals surface area contributed by atoms with E-state index in [-0.39, 0.29) is 5.97 Å². The number of carbonyl (C=O) groups is 1. The summed E-state index contributed by atoms with van der Waals surface area (Å²) >= 11 is 0. The second-order valence-corrected chi connectivity index (χ2v) is 5.99. The minimum absolute atomic E-state index is 0.120. The zero-order chi connectivity index (χ0) is 14.2. The number of rotatable bonds is 3. The lowest BCUT2D eigenvalue weighted by Crippen LogP contribution is -2.57. The molecular weight excluding hydrogens is 252 g/mol. The summed E-state index contributed by atoms with van der Waals surface area (Å²) in [5.74, 6) is 0.217. The maximum Gasteiger partial charge on any atom is 0.331 e. The van der Waals surface area contributed by atoms with Crippen molar-refractivity contribution in [3.05, 3.63) is 29.8 Å². The van der Waals surface area contributed by atoms with E-state index >= 15 is 0 Å². The number of nitrogens with one attached hydrogen (secondary N) is 1. The minimum atomic E-state index is -0.560. The van der Waals surface area contributed by atoms with Crippen LogP contribution in [0.4, 0.5) is 5.69 Å². The molecule has 3 atom stereocenters. The maximum absolute atomic E-state index is 12.5. The Labute approximate surface area is 120 Å². The van der Waals surface area contributed by atoms with Crippen molar-refractivity contribution < 1.29 is 9.53 Å². The molecule has 2 saturated heterocycles. The number of aryl methyl sites for hydroxylation is 1. The third-order valence-electron chi connectivity index (χ3n) is 4.73. The molecule has 2 bridgehead atoms. The molecule has 0 saturated carbocycles. The van der Waals surface area contributed by atoms with Crippen LogP contribution < -0.4 is 5.32 Å². The number of piperidine rings is 1. The molecule has 2 heterocycles. The number of carbonyl (C=O) groups excluding carboxylic acids is 1. The van der Waals surface area contributed by atoms with Crippen LogP contribution >= 0.6 is 0 Å². The van der Waals surface area contributed by atoms with Crippen LogP contribution in [0.2, 0.25) is 0 Å². The summed E-state index contributed by atoms with van der Waals surface area (Å²) in [5, 5.41) is 3.51. The van der Waals surface area contributed by atoms with Gasteiger partial charge < -0.3 is 15.0 Å². The summed E-state index contributed by atoms with van der Waals surface area (Å²) in [6, 6.07) is 8.20. The monoisotopic (exact) mass is 274 g/mol. The van der Waals surface area contributed by atoms with E-state index in [1.54, 1.807) is 0 Å². The fourth-order valence-corrected chi connectivity index (χ4v) is 3.62. The van der Waals surface area contributed by atoms with Crippen molar-refractivity contribution in [2.75, 3.05) is 32.1 Å². The van der Waals surface area contributed by atoms with Crippen LogP contribution in [0.3, 0.4) is 0 Å². The Balaban J connectivity index is 1.92. The standard InChI is InChI=1S/C16H22N2O2/c1-12-4-3-5-14(10-12)17-16(15(19)20-2)7-9-18-8-6-13(16)11-18/h3-5,10,13,17H,6-9,11H2,1-2H3. The first-order valence-corrected chi connectivity index (χ1v) is 7.30. The molecule has 1 aromatic carbocycles. The number of ether oxygens (including phenoxy) is 1. The van der Waals surface area contributed by atoms with Crippen LogP contribution in [0.1, 0.15) is 18.4 Å². The van der Waals surface area contributed by atoms with Crippen LogP contribution in [-0.4, -0.2) is 43.2 Å². The average molecular weight is 274 g/mol. The van der Waals surface area contributed by atoms with E-state index in [4.69, 9.17) is 4.74 Å². The third kappa shape index (κ3) is 2.18. The van der Waals surface area contributed by atoms with Gasteiger partial charge in [0.05, 0.1) is 7.11 Å². The van der Waals surface area contributed by atoms with E-state index in [2.05, 4.69) is 29.3 Å². The van der Waals surface area contributed by atoms with Gasteiger partial charge in [-0.05, 0) is 44.0 Å². The minimum Gasteiger partial charge on any atom is -0.467 e. The predicted molar refractivity (Wildman–Crippen MR) is 78.7 cm³/mol. The first-order chi connectivity index (χ1) is 9.64. The van der Waals surface area contributed by atoms with Crippen molar-refractivity contribution >= 4 is 11.7 Å². The lowest BCUT2D eigenvalue weighted by Gasteiger charge is -2.41. The van der Waals surface area contributed by atoms with Gasteiger partial charge >= 0.3 is 5.97 Å². The highest BCUT2D eigenvalue weighted by atomic mass is 16.5. The Morgan fingerprint density at radius 3 is 3.05 bits per heavy atom. The van der Waals surface area contributed by atoms with Gasteiger partial charge in [0, 0.05) is 24.7 Å². The molecule has 0 spiro atoms. The molecule has 1 aromatic rings. The molecule has 1 N–H and O–H groups in total. The quantitative estimate of drug-likeness (QED) is 0.857. The van der Waals surface area contributed by atoms with E-state index in [1.165, 1.54) is 12.7 Å². The second-order valence-electron chi connectivity index (χ2n) is 5.99. The average Bonchev–Trinajstić information content (AvgIpc) is 2.86. The topological polar surface area (TPSA) is 41.6 Å². The molecule has 0 aliphatic carbocycles. The highest BCUT2D eigenvalue weighted by molar-refractivity contribution is 5.85. The molecule has 0 aromatic heterocycles. The molecule has 108 valence electrons. The second kappa shape index (κ2) is 5.09. The van der Waals surface area contributed by atoms with Crippen LogP contribution in [0.15, 0.2) is 24.3 Å². The van der Waals surface area contributed by atoms with Crippen molar-refractivity contribution in [2.24, 2.45) is 5.92 Å². The van der Waals surface area contributed by atoms with Crippen molar-refractivity contribution in [2.45, 2.75) is 25.3 Å². The fraction of sp³-hybridized carbons (Fsp3) is 0.562. The molecule has 2 aliphatic rings. The van der Waals surface area contributed by atoms with Crippen molar-refractivity contribution in [1.82, 2.24) is 4.90 Å². The summed E-state index contributed by atoms with van der Waals surface area (Å²) in [6.07, 6.45) is 1.88. The molecule has 0 radical (unpaired) electrons. The van der Waals surface area contributed by atoms with Crippen molar-refractivity contribution in [3.8, 4) is 0 Å². The van der Waals surface area contributed by atoms with Gasteiger partial charge in [-0.3, -0.25) is 0 Å². The number of fused-ring (bicyclic) bond motifs is 2. The van der Waals surface area contributed by atoms with E-state index in [0.29, 0.717) is 5.92 Å². The number of hydrogen-bond donors (Lipinski definition) is 1. The molecule has 4 heteroatoms. The lowest BCUT2D eigenvalue weighted by molar-refractivity contribution is -0.149. The number of esters is 1. The van der Waals surface area contributed by atoms with E-state index < -0.39 is 5.54 Å². The zero-order valence-electron chi connectivity index (χ0n) is 12.2. The molecule has 3 rings (SSSR count). The summed E-state index contributed by atoms with van der Waals surface area (Å²) in [7, 11) is 1.49. The third-order valence-corrected chi connectivity index (χ3v) is 4.73. The fourth-order valence-electron chi connectivity index (χ4n) is 3.62. The number of nitrogens with zero attached hydrogens (tertiary/aromatic N) is 1. The van der Waals surface area contributed by atoms with Gasteiger partial charge in [-0.1, -0.05) is 12.1 Å². The lowest BCUT2D eigenvalue weighted by atomic mass is 9.78. The summed E-state index contributed by atoms with van der Waals surface area (Å²) in [4.78, 5) is 14.9. The van der Waals surface area contributed by atoms with Crippen LogP contribution in [-0.2, 0) is 9.53 Å². The van der Waals surface area contributed by atoms with Crippen molar-refractivity contribution in [1.29, 1.82) is 0 Å². The van der Waals surface area contributed by atoms with Gasteiger partial charge in [-0.2, -0.15) is 0 Å². The predicted octanol–water partition coefficient (Wildman–Crippen LogP) is 2.04. The number of benzene rings is 1. The Hall–Kier alpha value is -1.55. The van der Waals surface area contributed by atoms with Crippen LogP contribution in [0.25, 0.3) is 0 Å². The number of hydrogen-bond acceptors (Lipinski definition) is 4. The number of methoxy groups -OCH3 is 1. The van der Waals surface area contributed by atoms with E-state index in [9.17, 15) is 4.79 Å². The first-order valence-electron chi connectivity index (χ1n) is 7.30. The van der Waals surface area contributed by atoms with Gasteiger partial charge in [0.1, 0.15) is 5.54 Å². The highest BCUT2D eigenvalue weighted by Crippen LogP contribution is 2.39. The molecule has 20 heavy (non-hydrogen) atoms. The molecular formula is C16H22N2O2. The zero-order valence-corrected chi connectivity index (χ0v) is 12.2. The molecule has 0 amide bonds. The van der Waals surface area contributed by atoms with Gasteiger partial charge in [-0.25, -0.2) is 4.79 Å². The smallest absolute Gasteiger partial charge is 0.331 e. The normalized spacial score (nSPS) is 31.9. The Kier molecular flexibility index (Phi) is 3.42. The van der Waals surface area contributed by atoms with Gasteiger partial charge in [0.2, 0.25) is 0 Å². The highest BCUT2D eigenvalue weighted by Gasteiger charge is 2.52. The summed E-state index contributed by atoms with van der Waals surface area (Å²) < 4.78 is 5.13. The van der Waals surface area contributed by atoms with E-state index in [0.717, 1.165) is 38.2 Å². The summed E-state index contributed by atoms with van der Waals surface area (Å²) in [6.45, 7) is 5.12. The molecule has 2 aliphatic heterocycles. The van der Waals surface area contributed by atoms with Gasteiger partial charge in [-0.15, -0.1) is 0 Å². The van der Waals surface area contributed by atoms with Gasteiger partial charge in [0.25, 0.3) is 0 Å². The Bertz CT molecular complexity index is 517. The van der Waals surface area contributed by atoms with Crippen molar-refractivity contribution in [3.63, 3.8) is 0 Å². The summed E-state index contributed by atoms with van der Waals surface area (Å²) in [5.41, 5.74) is 1.64. The van der Waals surface area contributed by atoms with Gasteiger partial charge in [0.15, 0.2) is 0 Å². The van der Waals surface area contributed by atoms with Crippen LogP contribution in [0.5, 0.6) is 0 Å². The SMILES string of the molecule is COC(=O)C1(Nc2cccc(C)c2)CCN2CCC1C2. The Morgan fingerprint density at radius 2 is 2.30 bits per heavy atom. The number of anilines is 1. The molecule has 2 fully saturated rings. The first kappa shape index (κ1) is 13.4. The van der Waals surface area contributed by atoms with Crippen LogP contribution in [0, 0.1) is 12.8 Å². The largest absolute Gasteiger partial charge is 0.467 e. The molecule has 4 nitrogen and oxygen atoms in total. The maximum atomic E-state index is 12.5. The van der Waals surface area contributed by atoms with E-state index in [1.807, 2.05) is 12.1 Å².